The molecule has 2 aromatic heterocycles. The van der Waals surface area contributed by atoms with E-state index in [1.54, 1.807) is 26.0 Å². The minimum atomic E-state index is -3.61. The molecule has 1 amide bonds. The van der Waals surface area contributed by atoms with E-state index in [9.17, 15) is 13.2 Å². The van der Waals surface area contributed by atoms with Crippen molar-refractivity contribution in [3.05, 3.63) is 59.0 Å². The van der Waals surface area contributed by atoms with Crippen LogP contribution in [0.4, 0.5) is 5.69 Å². The van der Waals surface area contributed by atoms with Gasteiger partial charge in [-0.15, -0.1) is 0 Å². The summed E-state index contributed by atoms with van der Waals surface area (Å²) >= 11 is 0. The van der Waals surface area contributed by atoms with E-state index in [2.05, 4.69) is 10.3 Å². The molecule has 0 aliphatic carbocycles. The average molecular weight is 429 g/mol. The standard InChI is InChI=1S/C22H28N4O3S/c1-6-26(7-2)30(28,29)19-11-16(4)17(5)20(13-19)24-21(27)12-18-14-25-10-8-9-15(3)22(25)23-18/h8-11,13-14H,6-7,12H2,1-5H3,(H,24,27). The van der Waals surface area contributed by atoms with Crippen LogP contribution in [0.3, 0.4) is 0 Å². The molecule has 0 radical (unpaired) electrons. The minimum absolute atomic E-state index is 0.104. The lowest BCUT2D eigenvalue weighted by Crippen LogP contribution is -2.30. The number of nitrogens with zero attached hydrogens (tertiary/aromatic N) is 3. The summed E-state index contributed by atoms with van der Waals surface area (Å²) < 4.78 is 29.1. The largest absolute Gasteiger partial charge is 0.325 e. The van der Waals surface area contributed by atoms with Crippen molar-refractivity contribution in [3.8, 4) is 0 Å². The molecule has 0 spiro atoms. The molecule has 0 bridgehead atoms. The molecule has 1 aromatic carbocycles. The Kier molecular flexibility index (Phi) is 6.28. The molecule has 30 heavy (non-hydrogen) atoms. The third-order valence-electron chi connectivity index (χ3n) is 5.33. The Bertz CT molecular complexity index is 1190. The Labute approximate surface area is 177 Å². The van der Waals surface area contributed by atoms with Gasteiger partial charge in [-0.1, -0.05) is 19.9 Å². The summed E-state index contributed by atoms with van der Waals surface area (Å²) in [5.74, 6) is -0.240. The zero-order valence-electron chi connectivity index (χ0n) is 18.1. The fourth-order valence-corrected chi connectivity index (χ4v) is 5.04. The van der Waals surface area contributed by atoms with Crippen LogP contribution in [0.25, 0.3) is 5.65 Å². The Morgan fingerprint density at radius 3 is 2.47 bits per heavy atom. The molecule has 0 unspecified atom stereocenters. The molecule has 7 nitrogen and oxygen atoms in total. The summed E-state index contributed by atoms with van der Waals surface area (Å²) in [6, 6.07) is 7.10. The maximum atomic E-state index is 12.9. The first-order valence-electron chi connectivity index (χ1n) is 10.0. The van der Waals surface area contributed by atoms with Crippen LogP contribution in [0.15, 0.2) is 41.6 Å². The number of hydrogen-bond donors (Lipinski definition) is 1. The molecule has 0 saturated heterocycles. The van der Waals surface area contributed by atoms with Crippen molar-refractivity contribution in [2.75, 3.05) is 18.4 Å². The van der Waals surface area contributed by atoms with Gasteiger partial charge >= 0.3 is 0 Å². The van der Waals surface area contributed by atoms with Crippen LogP contribution in [0.2, 0.25) is 0 Å². The van der Waals surface area contributed by atoms with Crippen molar-refractivity contribution in [2.24, 2.45) is 0 Å². The first kappa shape index (κ1) is 22.0. The van der Waals surface area contributed by atoms with Crippen LogP contribution < -0.4 is 5.32 Å². The highest BCUT2D eigenvalue weighted by Gasteiger charge is 2.23. The summed E-state index contributed by atoms with van der Waals surface area (Å²) in [6.45, 7) is 10.1. The van der Waals surface area contributed by atoms with Crippen LogP contribution in [-0.2, 0) is 21.2 Å². The third-order valence-corrected chi connectivity index (χ3v) is 7.36. The number of carbonyl (C=O) groups excluding carboxylic acids is 1. The van der Waals surface area contributed by atoms with Gasteiger partial charge in [0, 0.05) is 31.2 Å². The van der Waals surface area contributed by atoms with Gasteiger partial charge in [0.2, 0.25) is 15.9 Å². The molecule has 8 heteroatoms. The van der Waals surface area contributed by atoms with Gasteiger partial charge in [-0.2, -0.15) is 4.31 Å². The van der Waals surface area contributed by atoms with Gasteiger partial charge in [-0.05, 0) is 55.7 Å². The highest BCUT2D eigenvalue weighted by molar-refractivity contribution is 7.89. The van der Waals surface area contributed by atoms with E-state index in [0.29, 0.717) is 24.5 Å². The van der Waals surface area contributed by atoms with Crippen LogP contribution >= 0.6 is 0 Å². The highest BCUT2D eigenvalue weighted by atomic mass is 32.2. The maximum absolute atomic E-state index is 12.9. The predicted molar refractivity (Wildman–Crippen MR) is 118 cm³/mol. The van der Waals surface area contributed by atoms with Crippen molar-refractivity contribution in [1.82, 2.24) is 13.7 Å². The molecular weight excluding hydrogens is 400 g/mol. The number of sulfonamides is 1. The molecule has 1 N–H and O–H groups in total. The van der Waals surface area contributed by atoms with Gasteiger partial charge in [0.05, 0.1) is 17.0 Å². The zero-order valence-corrected chi connectivity index (χ0v) is 18.9. The minimum Gasteiger partial charge on any atom is -0.325 e. The molecular formula is C22H28N4O3S. The van der Waals surface area contributed by atoms with Gasteiger partial charge in [-0.3, -0.25) is 4.79 Å². The molecule has 0 atom stereocenters. The van der Waals surface area contributed by atoms with Crippen LogP contribution in [0.5, 0.6) is 0 Å². The lowest BCUT2D eigenvalue weighted by molar-refractivity contribution is -0.115. The summed E-state index contributed by atoms with van der Waals surface area (Å²) in [4.78, 5) is 17.4. The van der Waals surface area contributed by atoms with Gasteiger partial charge in [-0.25, -0.2) is 13.4 Å². The van der Waals surface area contributed by atoms with Crippen LogP contribution in [0.1, 0.15) is 36.2 Å². The number of amides is 1. The van der Waals surface area contributed by atoms with E-state index in [0.717, 1.165) is 22.3 Å². The second kappa shape index (κ2) is 8.57. The first-order valence-corrected chi connectivity index (χ1v) is 11.5. The molecule has 0 fully saturated rings. The molecule has 0 saturated carbocycles. The fraction of sp³-hybridized carbons (Fsp3) is 0.364. The Hall–Kier alpha value is -2.71. The number of rotatable bonds is 7. The van der Waals surface area contributed by atoms with Crippen LogP contribution in [-0.4, -0.2) is 41.1 Å². The van der Waals surface area contributed by atoms with E-state index in [1.165, 1.54) is 4.31 Å². The van der Waals surface area contributed by atoms with Gasteiger partial charge in [0.15, 0.2) is 0 Å². The maximum Gasteiger partial charge on any atom is 0.243 e. The molecule has 3 rings (SSSR count). The van der Waals surface area contributed by atoms with E-state index < -0.39 is 10.0 Å². The number of aryl methyl sites for hydroxylation is 2. The Morgan fingerprint density at radius 2 is 1.83 bits per heavy atom. The topological polar surface area (TPSA) is 83.8 Å². The van der Waals surface area contributed by atoms with E-state index in [-0.39, 0.29) is 17.2 Å². The number of benzene rings is 1. The summed E-state index contributed by atoms with van der Waals surface area (Å²) in [5.41, 5.74) is 4.66. The SMILES string of the molecule is CCN(CC)S(=O)(=O)c1cc(C)c(C)c(NC(=O)Cc2cn3cccc(C)c3n2)c1. The lowest BCUT2D eigenvalue weighted by Gasteiger charge is -2.20. The van der Waals surface area contributed by atoms with E-state index in [4.69, 9.17) is 0 Å². The molecule has 0 aliphatic rings. The number of carbonyl (C=O) groups is 1. The smallest absolute Gasteiger partial charge is 0.243 e. The third kappa shape index (κ3) is 4.24. The number of nitrogens with one attached hydrogen (secondary N) is 1. The summed E-state index contributed by atoms with van der Waals surface area (Å²) in [5, 5.41) is 2.87. The first-order chi connectivity index (χ1) is 14.2. The van der Waals surface area contributed by atoms with Crippen molar-refractivity contribution < 1.29 is 13.2 Å². The number of fused-ring (bicyclic) bond motifs is 1. The summed E-state index contributed by atoms with van der Waals surface area (Å²) in [7, 11) is -3.61. The van der Waals surface area contributed by atoms with Crippen LogP contribution in [0, 0.1) is 20.8 Å². The normalized spacial score (nSPS) is 11.9. The second-order valence-electron chi connectivity index (χ2n) is 7.38. The predicted octanol–water partition coefficient (Wildman–Crippen LogP) is 3.47. The summed E-state index contributed by atoms with van der Waals surface area (Å²) in [6.07, 6.45) is 3.83. The fourth-order valence-electron chi connectivity index (χ4n) is 3.47. The number of hydrogen-bond acceptors (Lipinski definition) is 4. The Balaban J connectivity index is 1.87. The van der Waals surface area contributed by atoms with E-state index in [1.807, 2.05) is 49.7 Å². The van der Waals surface area contributed by atoms with Crippen molar-refractivity contribution in [2.45, 2.75) is 45.9 Å². The quantitative estimate of drug-likeness (QED) is 0.625. The number of anilines is 1. The van der Waals surface area contributed by atoms with Gasteiger partial charge in [0.25, 0.3) is 0 Å². The molecule has 160 valence electrons. The molecule has 3 aromatic rings. The molecule has 2 heterocycles. The van der Waals surface area contributed by atoms with Gasteiger partial charge < -0.3 is 9.72 Å². The van der Waals surface area contributed by atoms with Gasteiger partial charge in [0.1, 0.15) is 5.65 Å². The highest BCUT2D eigenvalue weighted by Crippen LogP contribution is 2.26. The number of pyridine rings is 1. The Morgan fingerprint density at radius 1 is 1.13 bits per heavy atom. The number of imidazole rings is 1. The van der Waals surface area contributed by atoms with Crippen molar-refractivity contribution in [3.63, 3.8) is 0 Å². The lowest BCUT2D eigenvalue weighted by atomic mass is 10.1. The average Bonchev–Trinajstić information content (AvgIpc) is 3.09. The second-order valence-corrected chi connectivity index (χ2v) is 9.32. The molecule has 0 aliphatic heterocycles. The van der Waals surface area contributed by atoms with Crippen molar-refractivity contribution in [1.29, 1.82) is 0 Å². The number of aromatic nitrogens is 2. The zero-order chi connectivity index (χ0) is 22.1. The van der Waals surface area contributed by atoms with Crippen molar-refractivity contribution >= 4 is 27.3 Å². The van der Waals surface area contributed by atoms with E-state index >= 15 is 0 Å². The monoisotopic (exact) mass is 428 g/mol.